The third-order valence-corrected chi connectivity index (χ3v) is 6.71. The van der Waals surface area contributed by atoms with Crippen LogP contribution in [0.5, 0.6) is 0 Å². The van der Waals surface area contributed by atoms with Crippen molar-refractivity contribution in [2.75, 3.05) is 26.2 Å². The summed E-state index contributed by atoms with van der Waals surface area (Å²) in [6.07, 6.45) is 2.62. The summed E-state index contributed by atoms with van der Waals surface area (Å²) < 4.78 is 28.8. The van der Waals surface area contributed by atoms with Crippen LogP contribution in [-0.2, 0) is 10.2 Å². The van der Waals surface area contributed by atoms with Crippen LogP contribution in [-0.4, -0.2) is 48.7 Å². The van der Waals surface area contributed by atoms with Gasteiger partial charge in [-0.05, 0) is 32.1 Å². The molecular formula is C13H29N3O2S. The maximum absolute atomic E-state index is 12.8. The first-order valence-electron chi connectivity index (χ1n) is 7.29. The molecule has 1 saturated heterocycles. The van der Waals surface area contributed by atoms with Crippen molar-refractivity contribution in [2.24, 2.45) is 11.7 Å². The Bertz CT molecular complexity index is 371. The summed E-state index contributed by atoms with van der Waals surface area (Å²) in [5.41, 5.74) is 5.33. The second kappa shape index (κ2) is 6.52. The number of likely N-dealkylation sites (N-methyl/N-ethyl adjacent to an activating group) is 1. The summed E-state index contributed by atoms with van der Waals surface area (Å²) in [7, 11) is -3.39. The van der Waals surface area contributed by atoms with Gasteiger partial charge in [0.15, 0.2) is 0 Å². The molecule has 5 nitrogen and oxygen atoms in total. The van der Waals surface area contributed by atoms with E-state index < -0.39 is 15.7 Å². The number of rotatable bonds is 6. The number of nitrogens with two attached hydrogens (primary N) is 1. The SMILES string of the molecule is CCN(C(C)(CC)CN)S(=O)(=O)N1CCC(C)CC1. The molecule has 0 saturated carbocycles. The third kappa shape index (κ3) is 3.48. The van der Waals surface area contributed by atoms with E-state index in [1.165, 1.54) is 0 Å². The van der Waals surface area contributed by atoms with Crippen molar-refractivity contribution < 1.29 is 8.42 Å². The molecule has 1 unspecified atom stereocenters. The Hall–Kier alpha value is -0.170. The molecule has 1 aliphatic heterocycles. The highest BCUT2D eigenvalue weighted by molar-refractivity contribution is 7.86. The molecule has 0 aromatic rings. The highest BCUT2D eigenvalue weighted by atomic mass is 32.2. The Morgan fingerprint density at radius 2 is 1.84 bits per heavy atom. The molecule has 114 valence electrons. The minimum absolute atomic E-state index is 0.348. The highest BCUT2D eigenvalue weighted by Gasteiger charge is 2.40. The van der Waals surface area contributed by atoms with Crippen LogP contribution in [0.1, 0.15) is 47.0 Å². The van der Waals surface area contributed by atoms with E-state index in [0.29, 0.717) is 32.1 Å². The number of hydrogen-bond donors (Lipinski definition) is 1. The van der Waals surface area contributed by atoms with Gasteiger partial charge in [0.2, 0.25) is 0 Å². The van der Waals surface area contributed by atoms with Gasteiger partial charge in [0.05, 0.1) is 0 Å². The van der Waals surface area contributed by atoms with Crippen LogP contribution in [0.15, 0.2) is 0 Å². The molecule has 0 amide bonds. The Morgan fingerprint density at radius 3 is 2.21 bits per heavy atom. The first kappa shape index (κ1) is 16.9. The quantitative estimate of drug-likeness (QED) is 0.804. The predicted octanol–water partition coefficient (Wildman–Crippen LogP) is 1.41. The van der Waals surface area contributed by atoms with E-state index in [0.717, 1.165) is 19.3 Å². The van der Waals surface area contributed by atoms with Crippen LogP contribution in [0.25, 0.3) is 0 Å². The molecule has 1 fully saturated rings. The monoisotopic (exact) mass is 291 g/mol. The van der Waals surface area contributed by atoms with E-state index in [1.54, 1.807) is 8.61 Å². The lowest BCUT2D eigenvalue weighted by molar-refractivity contribution is 0.186. The van der Waals surface area contributed by atoms with Crippen molar-refractivity contribution in [3.8, 4) is 0 Å². The molecule has 0 aromatic carbocycles. The van der Waals surface area contributed by atoms with Gasteiger partial charge in [0.1, 0.15) is 0 Å². The molecule has 1 heterocycles. The summed E-state index contributed by atoms with van der Waals surface area (Å²) in [4.78, 5) is 0. The topological polar surface area (TPSA) is 66.6 Å². The largest absolute Gasteiger partial charge is 0.329 e. The van der Waals surface area contributed by atoms with Crippen molar-refractivity contribution in [3.63, 3.8) is 0 Å². The molecule has 0 aromatic heterocycles. The highest BCUT2D eigenvalue weighted by Crippen LogP contribution is 2.27. The van der Waals surface area contributed by atoms with E-state index in [-0.39, 0.29) is 0 Å². The van der Waals surface area contributed by atoms with Gasteiger partial charge in [-0.25, -0.2) is 0 Å². The standard InChI is InChI=1S/C13H29N3O2S/c1-5-13(4,11-14)16(6-2)19(17,18)15-9-7-12(3)8-10-15/h12H,5-11,14H2,1-4H3. The second-order valence-corrected chi connectivity index (χ2v) is 7.66. The maximum Gasteiger partial charge on any atom is 0.282 e. The summed E-state index contributed by atoms with van der Waals surface area (Å²) in [5, 5.41) is 0. The van der Waals surface area contributed by atoms with Gasteiger partial charge in [0.25, 0.3) is 10.2 Å². The normalized spacial score (nSPS) is 22.6. The fourth-order valence-corrected chi connectivity index (χ4v) is 4.64. The van der Waals surface area contributed by atoms with E-state index in [1.807, 2.05) is 20.8 Å². The van der Waals surface area contributed by atoms with Crippen LogP contribution < -0.4 is 5.73 Å². The first-order chi connectivity index (χ1) is 8.81. The van der Waals surface area contributed by atoms with E-state index in [9.17, 15) is 8.42 Å². The molecule has 0 radical (unpaired) electrons. The molecule has 2 N–H and O–H groups in total. The van der Waals surface area contributed by atoms with E-state index >= 15 is 0 Å². The Morgan fingerprint density at radius 1 is 1.32 bits per heavy atom. The van der Waals surface area contributed by atoms with Crippen LogP contribution in [0.2, 0.25) is 0 Å². The zero-order valence-electron chi connectivity index (χ0n) is 12.7. The smallest absolute Gasteiger partial charge is 0.282 e. The van der Waals surface area contributed by atoms with Gasteiger partial charge < -0.3 is 5.73 Å². The fourth-order valence-electron chi connectivity index (χ4n) is 2.60. The molecule has 19 heavy (non-hydrogen) atoms. The van der Waals surface area contributed by atoms with Crippen LogP contribution in [0.3, 0.4) is 0 Å². The van der Waals surface area contributed by atoms with Crippen molar-refractivity contribution >= 4 is 10.2 Å². The second-order valence-electron chi connectivity index (χ2n) is 5.81. The molecule has 1 rings (SSSR count). The molecule has 0 aliphatic carbocycles. The van der Waals surface area contributed by atoms with Gasteiger partial charge in [0, 0.05) is 31.7 Å². The summed E-state index contributed by atoms with van der Waals surface area (Å²) in [6, 6.07) is 0. The minimum atomic E-state index is -3.39. The van der Waals surface area contributed by atoms with E-state index in [4.69, 9.17) is 5.73 Å². The average molecular weight is 291 g/mol. The van der Waals surface area contributed by atoms with Crippen LogP contribution >= 0.6 is 0 Å². The third-order valence-electron chi connectivity index (χ3n) is 4.44. The molecule has 0 bridgehead atoms. The van der Waals surface area contributed by atoms with Crippen LogP contribution in [0.4, 0.5) is 0 Å². The average Bonchev–Trinajstić information content (AvgIpc) is 2.39. The molecule has 0 spiro atoms. The lowest BCUT2D eigenvalue weighted by Gasteiger charge is -2.42. The van der Waals surface area contributed by atoms with Gasteiger partial charge in [-0.15, -0.1) is 0 Å². The Labute approximate surface area is 118 Å². The van der Waals surface area contributed by atoms with Crippen molar-refractivity contribution in [1.29, 1.82) is 0 Å². The summed E-state index contributed by atoms with van der Waals surface area (Å²) in [6.45, 7) is 10.1. The number of piperidine rings is 1. The Balaban J connectivity index is 2.96. The lowest BCUT2D eigenvalue weighted by atomic mass is 9.99. The molecular weight excluding hydrogens is 262 g/mol. The van der Waals surface area contributed by atoms with Gasteiger partial charge in [-0.1, -0.05) is 20.8 Å². The number of nitrogens with zero attached hydrogens (tertiary/aromatic N) is 2. The van der Waals surface area contributed by atoms with Crippen LogP contribution in [0, 0.1) is 5.92 Å². The molecule has 1 aliphatic rings. The maximum atomic E-state index is 12.8. The van der Waals surface area contributed by atoms with Gasteiger partial charge >= 0.3 is 0 Å². The zero-order chi connectivity index (χ0) is 14.7. The van der Waals surface area contributed by atoms with Gasteiger partial charge in [-0.3, -0.25) is 0 Å². The predicted molar refractivity (Wildman–Crippen MR) is 79.0 cm³/mol. The molecule has 1 atom stereocenters. The minimum Gasteiger partial charge on any atom is -0.329 e. The summed E-state index contributed by atoms with van der Waals surface area (Å²) in [5.74, 6) is 0.619. The van der Waals surface area contributed by atoms with Crippen molar-refractivity contribution in [1.82, 2.24) is 8.61 Å². The van der Waals surface area contributed by atoms with E-state index in [2.05, 4.69) is 6.92 Å². The lowest BCUT2D eigenvalue weighted by Crippen LogP contribution is -2.58. The van der Waals surface area contributed by atoms with Crippen molar-refractivity contribution in [3.05, 3.63) is 0 Å². The molecule has 6 heteroatoms. The zero-order valence-corrected chi connectivity index (χ0v) is 13.5. The Kier molecular flexibility index (Phi) is 5.79. The number of hydrogen-bond acceptors (Lipinski definition) is 3. The van der Waals surface area contributed by atoms with Gasteiger partial charge in [-0.2, -0.15) is 17.0 Å². The summed E-state index contributed by atoms with van der Waals surface area (Å²) >= 11 is 0. The first-order valence-corrected chi connectivity index (χ1v) is 8.69. The van der Waals surface area contributed by atoms with Crippen molar-refractivity contribution in [2.45, 2.75) is 52.5 Å². The fraction of sp³-hybridized carbons (Fsp3) is 1.00.